The summed E-state index contributed by atoms with van der Waals surface area (Å²) in [5.74, 6) is -0.0743. The highest BCUT2D eigenvalue weighted by Crippen LogP contribution is 2.43. The van der Waals surface area contributed by atoms with Crippen molar-refractivity contribution in [3.63, 3.8) is 0 Å². The molecular formula is C16H21ClO3. The van der Waals surface area contributed by atoms with E-state index in [1.54, 1.807) is 13.2 Å². The lowest BCUT2D eigenvalue weighted by molar-refractivity contribution is -0.145. The number of carboxylic acids is 1. The summed E-state index contributed by atoms with van der Waals surface area (Å²) in [6, 6.07) is 3.74. The Morgan fingerprint density at radius 2 is 2.00 bits per heavy atom. The highest BCUT2D eigenvalue weighted by molar-refractivity contribution is 6.32. The lowest BCUT2D eigenvalue weighted by atomic mass is 9.69. The molecule has 1 N–H and O–H groups in total. The standard InChI is InChI=1S/C16H21ClO3/c1-3-11-9-12(10-13(17)14(11)20-2)16(15(18)19)7-5-4-6-8-16/h9-10H,3-8H2,1-2H3,(H,18,19). The fraction of sp³-hybridized carbons (Fsp3) is 0.562. The average molecular weight is 297 g/mol. The number of benzene rings is 1. The van der Waals surface area contributed by atoms with Crippen LogP contribution in [0, 0.1) is 0 Å². The molecule has 20 heavy (non-hydrogen) atoms. The number of aliphatic carboxylic acids is 1. The Balaban J connectivity index is 2.54. The third kappa shape index (κ3) is 2.51. The van der Waals surface area contributed by atoms with Gasteiger partial charge in [-0.1, -0.05) is 43.9 Å². The van der Waals surface area contributed by atoms with Crippen molar-refractivity contribution in [3.05, 3.63) is 28.3 Å². The number of aryl methyl sites for hydroxylation is 1. The van der Waals surface area contributed by atoms with Crippen molar-refractivity contribution >= 4 is 17.6 Å². The number of hydrogen-bond donors (Lipinski definition) is 1. The molecule has 0 spiro atoms. The predicted molar refractivity (Wildman–Crippen MR) is 79.8 cm³/mol. The molecule has 1 aromatic rings. The summed E-state index contributed by atoms with van der Waals surface area (Å²) in [5, 5.41) is 10.3. The van der Waals surface area contributed by atoms with Gasteiger partial charge in [-0.2, -0.15) is 0 Å². The quantitative estimate of drug-likeness (QED) is 0.906. The third-order valence-electron chi connectivity index (χ3n) is 4.37. The van der Waals surface area contributed by atoms with E-state index in [1.165, 1.54) is 0 Å². The molecule has 2 rings (SSSR count). The van der Waals surface area contributed by atoms with Gasteiger partial charge in [-0.15, -0.1) is 0 Å². The van der Waals surface area contributed by atoms with E-state index in [-0.39, 0.29) is 0 Å². The molecule has 0 aliphatic heterocycles. The van der Waals surface area contributed by atoms with Gasteiger partial charge in [0, 0.05) is 0 Å². The van der Waals surface area contributed by atoms with Crippen LogP contribution in [0.3, 0.4) is 0 Å². The van der Waals surface area contributed by atoms with Crippen LogP contribution in [-0.2, 0) is 16.6 Å². The van der Waals surface area contributed by atoms with E-state index >= 15 is 0 Å². The molecule has 4 heteroatoms. The number of ether oxygens (including phenoxy) is 1. The first-order chi connectivity index (χ1) is 9.55. The van der Waals surface area contributed by atoms with Crippen molar-refractivity contribution in [3.8, 4) is 5.75 Å². The van der Waals surface area contributed by atoms with Crippen molar-refractivity contribution in [2.75, 3.05) is 7.11 Å². The summed E-state index contributed by atoms with van der Waals surface area (Å²) in [6.07, 6.45) is 5.17. The Bertz CT molecular complexity index is 505. The molecule has 1 aliphatic rings. The third-order valence-corrected chi connectivity index (χ3v) is 4.66. The fourth-order valence-corrected chi connectivity index (χ4v) is 3.52. The molecule has 1 fully saturated rings. The lowest BCUT2D eigenvalue weighted by Gasteiger charge is -2.34. The summed E-state index contributed by atoms with van der Waals surface area (Å²) in [4.78, 5) is 11.9. The Labute approximate surface area is 124 Å². The van der Waals surface area contributed by atoms with Crippen LogP contribution < -0.4 is 4.74 Å². The van der Waals surface area contributed by atoms with Gasteiger partial charge in [0.05, 0.1) is 17.5 Å². The van der Waals surface area contributed by atoms with Crippen molar-refractivity contribution < 1.29 is 14.6 Å². The van der Waals surface area contributed by atoms with Crippen LogP contribution in [0.1, 0.15) is 50.2 Å². The topological polar surface area (TPSA) is 46.5 Å². The predicted octanol–water partition coefficient (Wildman–Crippen LogP) is 4.20. The molecule has 0 unspecified atom stereocenters. The summed E-state index contributed by atoms with van der Waals surface area (Å²) in [5.41, 5.74) is 1.02. The summed E-state index contributed by atoms with van der Waals surface area (Å²) >= 11 is 6.28. The molecule has 1 aromatic carbocycles. The number of hydrogen-bond acceptors (Lipinski definition) is 2. The zero-order valence-corrected chi connectivity index (χ0v) is 12.8. The molecule has 0 atom stereocenters. The van der Waals surface area contributed by atoms with E-state index in [2.05, 4.69) is 0 Å². The van der Waals surface area contributed by atoms with Crippen LogP contribution in [0.5, 0.6) is 5.75 Å². The van der Waals surface area contributed by atoms with E-state index in [0.29, 0.717) is 23.6 Å². The molecule has 0 bridgehead atoms. The van der Waals surface area contributed by atoms with Gasteiger partial charge < -0.3 is 9.84 Å². The molecule has 3 nitrogen and oxygen atoms in total. The molecule has 0 heterocycles. The van der Waals surface area contributed by atoms with Crippen molar-refractivity contribution in [2.24, 2.45) is 0 Å². The van der Waals surface area contributed by atoms with Gasteiger partial charge in [0.15, 0.2) is 0 Å². The molecule has 0 aromatic heterocycles. The minimum atomic E-state index is -0.780. The van der Waals surface area contributed by atoms with E-state index in [9.17, 15) is 9.90 Å². The van der Waals surface area contributed by atoms with Crippen molar-refractivity contribution in [1.82, 2.24) is 0 Å². The van der Waals surface area contributed by atoms with Gasteiger partial charge >= 0.3 is 5.97 Å². The zero-order chi connectivity index (χ0) is 14.8. The maximum Gasteiger partial charge on any atom is 0.314 e. The second kappa shape index (κ2) is 6.04. The number of carbonyl (C=O) groups is 1. The highest BCUT2D eigenvalue weighted by Gasteiger charge is 2.41. The molecule has 0 radical (unpaired) electrons. The summed E-state index contributed by atoms with van der Waals surface area (Å²) < 4.78 is 5.32. The largest absolute Gasteiger partial charge is 0.495 e. The molecule has 1 aliphatic carbocycles. The zero-order valence-electron chi connectivity index (χ0n) is 12.0. The second-order valence-corrected chi connectivity index (χ2v) is 5.86. The van der Waals surface area contributed by atoms with E-state index in [1.807, 2.05) is 13.0 Å². The van der Waals surface area contributed by atoms with Gasteiger partial charge in [-0.25, -0.2) is 0 Å². The fourth-order valence-electron chi connectivity index (χ4n) is 3.20. The maximum atomic E-state index is 11.9. The maximum absolute atomic E-state index is 11.9. The van der Waals surface area contributed by atoms with Gasteiger partial charge in [-0.05, 0) is 36.5 Å². The van der Waals surface area contributed by atoms with E-state index in [4.69, 9.17) is 16.3 Å². The summed E-state index contributed by atoms with van der Waals surface area (Å²) in [6.45, 7) is 2.02. The number of rotatable bonds is 4. The smallest absolute Gasteiger partial charge is 0.314 e. The lowest BCUT2D eigenvalue weighted by Crippen LogP contribution is -2.38. The summed E-state index contributed by atoms with van der Waals surface area (Å²) in [7, 11) is 1.59. The SMILES string of the molecule is CCc1cc(C2(C(=O)O)CCCCC2)cc(Cl)c1OC. The van der Waals surface area contributed by atoms with Crippen LogP contribution in [0.15, 0.2) is 12.1 Å². The average Bonchev–Trinajstić information content (AvgIpc) is 2.46. The second-order valence-electron chi connectivity index (χ2n) is 5.45. The number of carboxylic acid groups (broad SMARTS) is 1. The van der Waals surface area contributed by atoms with Gasteiger partial charge in [0.1, 0.15) is 5.75 Å². The first-order valence-electron chi connectivity index (χ1n) is 7.15. The van der Waals surface area contributed by atoms with E-state index < -0.39 is 11.4 Å². The minimum absolute atomic E-state index is 0.507. The minimum Gasteiger partial charge on any atom is -0.495 e. The number of methoxy groups -OCH3 is 1. The first-order valence-corrected chi connectivity index (χ1v) is 7.53. The first kappa shape index (κ1) is 15.2. The molecule has 0 saturated heterocycles. The number of halogens is 1. The normalized spacial score (nSPS) is 17.8. The van der Waals surface area contributed by atoms with Crippen LogP contribution in [0.2, 0.25) is 5.02 Å². The van der Waals surface area contributed by atoms with Crippen LogP contribution in [0.4, 0.5) is 0 Å². The molecular weight excluding hydrogens is 276 g/mol. The van der Waals surface area contributed by atoms with Crippen molar-refractivity contribution in [1.29, 1.82) is 0 Å². The monoisotopic (exact) mass is 296 g/mol. The molecule has 1 saturated carbocycles. The Hall–Kier alpha value is -1.22. The van der Waals surface area contributed by atoms with Crippen molar-refractivity contribution in [2.45, 2.75) is 50.9 Å². The molecule has 110 valence electrons. The van der Waals surface area contributed by atoms with Gasteiger partial charge in [0.25, 0.3) is 0 Å². The van der Waals surface area contributed by atoms with Gasteiger partial charge in [0.2, 0.25) is 0 Å². The van der Waals surface area contributed by atoms with Crippen LogP contribution in [0.25, 0.3) is 0 Å². The van der Waals surface area contributed by atoms with Gasteiger partial charge in [-0.3, -0.25) is 4.79 Å². The van der Waals surface area contributed by atoms with E-state index in [0.717, 1.165) is 36.8 Å². The van der Waals surface area contributed by atoms with Crippen LogP contribution in [-0.4, -0.2) is 18.2 Å². The Morgan fingerprint density at radius 1 is 1.35 bits per heavy atom. The highest BCUT2D eigenvalue weighted by atomic mass is 35.5. The van der Waals surface area contributed by atoms with Crippen LogP contribution >= 0.6 is 11.6 Å². The Kier molecular flexibility index (Phi) is 4.59. The Morgan fingerprint density at radius 3 is 2.50 bits per heavy atom. The molecule has 0 amide bonds.